The number of aromatic nitrogens is 1. The van der Waals surface area contributed by atoms with Crippen LogP contribution in [0, 0.1) is 0 Å². The van der Waals surface area contributed by atoms with E-state index >= 15 is 0 Å². The minimum absolute atomic E-state index is 0.124. The Labute approximate surface area is 221 Å². The van der Waals surface area contributed by atoms with E-state index in [1.165, 1.54) is 66.4 Å². The second-order valence-corrected chi connectivity index (χ2v) is 11.2. The van der Waals surface area contributed by atoms with Crippen molar-refractivity contribution in [3.05, 3.63) is 137 Å². The van der Waals surface area contributed by atoms with Gasteiger partial charge in [-0.25, -0.2) is 0 Å². The van der Waals surface area contributed by atoms with Crippen LogP contribution in [0.2, 0.25) is 0 Å². The van der Waals surface area contributed by atoms with E-state index in [0.717, 1.165) is 5.70 Å². The first kappa shape index (κ1) is 20.4. The molecule has 38 heavy (non-hydrogen) atoms. The largest absolute Gasteiger partial charge is 0.310 e. The van der Waals surface area contributed by atoms with Crippen molar-refractivity contribution in [3.8, 4) is 5.69 Å². The van der Waals surface area contributed by atoms with E-state index in [4.69, 9.17) is 0 Å². The zero-order valence-corrected chi connectivity index (χ0v) is 21.3. The molecule has 0 saturated heterocycles. The third-order valence-electron chi connectivity index (χ3n) is 9.07. The fraction of sp³-hybridized carbons (Fsp3) is 0.0857. The van der Waals surface area contributed by atoms with Crippen LogP contribution in [0.4, 0.5) is 5.69 Å². The quantitative estimate of drug-likeness (QED) is 0.195. The molecule has 5 aromatic rings. The van der Waals surface area contributed by atoms with E-state index in [2.05, 4.69) is 132 Å². The molecule has 4 aliphatic rings. The van der Waals surface area contributed by atoms with Crippen LogP contribution in [0.5, 0.6) is 0 Å². The number of rotatable bonds is 1. The fourth-order valence-corrected chi connectivity index (χ4v) is 7.62. The molecule has 0 fully saturated rings. The number of allylic oxidation sites excluding steroid dienone is 4. The summed E-state index contributed by atoms with van der Waals surface area (Å²) in [5.41, 5.74) is 20.8. The molecule has 176 valence electrons. The van der Waals surface area contributed by atoms with Gasteiger partial charge in [0.05, 0.1) is 16.7 Å². The highest BCUT2D eigenvalue weighted by molar-refractivity contribution is 6.96. The van der Waals surface area contributed by atoms with E-state index in [9.17, 15) is 0 Å². The van der Waals surface area contributed by atoms with Crippen LogP contribution >= 0.6 is 0 Å². The Balaban J connectivity index is 1.52. The van der Waals surface area contributed by atoms with E-state index in [0.29, 0.717) is 0 Å². The average Bonchev–Trinajstić information content (AvgIpc) is 3.42. The maximum Gasteiger partial charge on any atom is 0.248 e. The fourth-order valence-electron chi connectivity index (χ4n) is 7.62. The van der Waals surface area contributed by atoms with Gasteiger partial charge < -0.3 is 9.47 Å². The van der Waals surface area contributed by atoms with Gasteiger partial charge in [0.15, 0.2) is 0 Å². The van der Waals surface area contributed by atoms with E-state index in [1.54, 1.807) is 0 Å². The van der Waals surface area contributed by atoms with Crippen molar-refractivity contribution in [1.29, 1.82) is 0 Å². The van der Waals surface area contributed by atoms with Gasteiger partial charge >= 0.3 is 0 Å². The third kappa shape index (κ3) is 2.24. The maximum atomic E-state index is 3.23. The van der Waals surface area contributed by atoms with Crippen LogP contribution in [-0.2, 0) is 5.41 Å². The Morgan fingerprint density at radius 2 is 1.58 bits per heavy atom. The van der Waals surface area contributed by atoms with Crippen molar-refractivity contribution in [1.82, 2.24) is 4.57 Å². The van der Waals surface area contributed by atoms with Crippen molar-refractivity contribution >= 4 is 50.8 Å². The van der Waals surface area contributed by atoms with Crippen molar-refractivity contribution in [2.75, 3.05) is 4.90 Å². The SMILES string of the molecule is CC1(C)C2=C(c3ccccc31)N(C1=CC=C=C=C1)c1ccc3c4ccccc4n4c3c1B2c1ccccc1-4. The van der Waals surface area contributed by atoms with Crippen molar-refractivity contribution in [2.24, 2.45) is 0 Å². The van der Waals surface area contributed by atoms with Crippen LogP contribution in [0.25, 0.3) is 33.2 Å². The molecule has 2 aliphatic heterocycles. The van der Waals surface area contributed by atoms with Gasteiger partial charge in [-0.3, -0.25) is 0 Å². The summed E-state index contributed by atoms with van der Waals surface area (Å²) in [5, 5.41) is 2.63. The number of nitrogens with zero attached hydrogens (tertiary/aromatic N) is 2. The summed E-state index contributed by atoms with van der Waals surface area (Å²) in [6.45, 7) is 5.00. The Bertz CT molecular complexity index is 2090. The lowest BCUT2D eigenvalue weighted by atomic mass is 9.30. The maximum absolute atomic E-state index is 3.23. The molecule has 0 spiro atoms. The van der Waals surface area contributed by atoms with Gasteiger partial charge in [-0.05, 0) is 46.8 Å². The molecule has 2 aliphatic carbocycles. The first-order valence-corrected chi connectivity index (χ1v) is 13.3. The van der Waals surface area contributed by atoms with E-state index in [-0.39, 0.29) is 12.1 Å². The molecule has 0 unspecified atom stereocenters. The predicted octanol–water partition coefficient (Wildman–Crippen LogP) is 6.53. The summed E-state index contributed by atoms with van der Waals surface area (Å²) in [6, 6.07) is 31.6. The van der Waals surface area contributed by atoms with Gasteiger partial charge in [0.1, 0.15) is 0 Å². The second kappa shape index (κ2) is 6.79. The van der Waals surface area contributed by atoms with Gasteiger partial charge in [-0.2, -0.15) is 0 Å². The third-order valence-corrected chi connectivity index (χ3v) is 9.07. The summed E-state index contributed by atoms with van der Waals surface area (Å²) in [5.74, 6) is 0. The minimum Gasteiger partial charge on any atom is -0.310 e. The van der Waals surface area contributed by atoms with Crippen LogP contribution in [0.1, 0.15) is 25.0 Å². The summed E-state index contributed by atoms with van der Waals surface area (Å²) in [4.78, 5) is 2.49. The minimum atomic E-state index is -0.124. The smallest absolute Gasteiger partial charge is 0.248 e. The predicted molar refractivity (Wildman–Crippen MR) is 159 cm³/mol. The lowest BCUT2D eigenvalue weighted by Gasteiger charge is -2.42. The summed E-state index contributed by atoms with van der Waals surface area (Å²) in [7, 11) is 0. The van der Waals surface area contributed by atoms with E-state index in [1.807, 2.05) is 6.08 Å². The Kier molecular flexibility index (Phi) is 3.65. The standard InChI is InChI=1S/C35H23BN2/c1-35(2)26-16-8-6-15-25(26)33-34(35)36-27-17-9-11-19-29(27)38-28-18-10-7-14-23(28)24-20-21-30(31(36)32(24)38)37(33)22-12-4-3-5-13-22/h4,6-21H,1-2H3. The molecule has 3 heterocycles. The normalized spacial score (nSPS) is 17.3. The molecule has 2 nitrogen and oxygen atoms in total. The molecule has 1 aromatic heterocycles. The Morgan fingerprint density at radius 3 is 2.47 bits per heavy atom. The number of anilines is 1. The number of hydrogen-bond acceptors (Lipinski definition) is 1. The first-order valence-electron chi connectivity index (χ1n) is 13.3. The van der Waals surface area contributed by atoms with Crippen LogP contribution in [0.3, 0.4) is 0 Å². The number of benzene rings is 4. The number of fused-ring (bicyclic) bond motifs is 9. The van der Waals surface area contributed by atoms with Crippen LogP contribution in [0.15, 0.2) is 126 Å². The topological polar surface area (TPSA) is 8.17 Å². The zero-order valence-electron chi connectivity index (χ0n) is 21.3. The van der Waals surface area contributed by atoms with Gasteiger partial charge in [0.25, 0.3) is 0 Å². The molecule has 0 N–H and O–H groups in total. The first-order chi connectivity index (χ1) is 18.7. The van der Waals surface area contributed by atoms with Gasteiger partial charge in [-0.15, -0.1) is 0 Å². The molecule has 0 radical (unpaired) electrons. The molecular weight excluding hydrogens is 459 g/mol. The lowest BCUT2D eigenvalue weighted by molar-refractivity contribution is 0.665. The zero-order chi connectivity index (χ0) is 25.2. The van der Waals surface area contributed by atoms with Crippen molar-refractivity contribution < 1.29 is 0 Å². The highest BCUT2D eigenvalue weighted by atomic mass is 15.2. The van der Waals surface area contributed by atoms with Gasteiger partial charge in [0.2, 0.25) is 6.71 Å². The number of para-hydroxylation sites is 2. The summed E-state index contributed by atoms with van der Waals surface area (Å²) in [6.07, 6.45) is 6.21. The molecule has 0 atom stereocenters. The van der Waals surface area contributed by atoms with Gasteiger partial charge in [-0.1, -0.05) is 97.5 Å². The lowest BCUT2D eigenvalue weighted by Crippen LogP contribution is -2.56. The second-order valence-electron chi connectivity index (χ2n) is 11.2. The Morgan fingerprint density at radius 1 is 0.763 bits per heavy atom. The van der Waals surface area contributed by atoms with Crippen LogP contribution < -0.4 is 15.8 Å². The molecular formula is C35H23BN2. The monoisotopic (exact) mass is 482 g/mol. The van der Waals surface area contributed by atoms with E-state index < -0.39 is 0 Å². The molecule has 0 amide bonds. The molecule has 3 heteroatoms. The molecule has 0 bridgehead atoms. The molecule has 0 saturated carbocycles. The number of hydrogen-bond donors (Lipinski definition) is 0. The summed E-state index contributed by atoms with van der Waals surface area (Å²) >= 11 is 0. The van der Waals surface area contributed by atoms with Crippen LogP contribution in [-0.4, -0.2) is 11.3 Å². The van der Waals surface area contributed by atoms with Gasteiger partial charge in [0, 0.05) is 44.9 Å². The summed E-state index contributed by atoms with van der Waals surface area (Å²) < 4.78 is 2.51. The average molecular weight is 482 g/mol. The molecule has 4 aromatic carbocycles. The van der Waals surface area contributed by atoms with Crippen molar-refractivity contribution in [3.63, 3.8) is 0 Å². The highest BCUT2D eigenvalue weighted by Crippen LogP contribution is 2.54. The molecule has 9 rings (SSSR count). The highest BCUT2D eigenvalue weighted by Gasteiger charge is 2.52. The Hall–Kier alpha value is -4.68. The van der Waals surface area contributed by atoms with Crippen molar-refractivity contribution in [2.45, 2.75) is 19.3 Å².